The van der Waals surface area contributed by atoms with Crippen LogP contribution in [0.15, 0.2) is 48.5 Å². The molecule has 0 bridgehead atoms. The standard InChI is InChI=1S/C44H54F2N4O6.4ClH/c45-43(39(53)54,29-8-11-48-19-29)15-24-3-1-5-26(13-24)21-50(22-27-6-2-4-25(14-27)16-44(46,40(55)56)30-9-12-49-20-30)23-42-35-32-34-33(35)37(42)41(34,36(32)42)17-31(38(51)52)28-7-10-47-18-28;;;;/h1-6,13-14,28-37,47-49H,7-12,15-23H2,(H,51,52)(H,53,54)(H,55,56);4*1H/t28-,29-,30-,31-,32?,33?,34?,35?,36?,37?,41?,42?,43?,44?;;;;/m0..../s1. The molecule has 6 unspecified atom stereocenters. The van der Waals surface area contributed by atoms with E-state index in [0.29, 0.717) is 98.7 Å². The Morgan fingerprint density at radius 2 is 1.13 bits per heavy atom. The molecule has 16 heteroatoms. The molecular weight excluding hydrogens is 860 g/mol. The molecule has 6 saturated carbocycles. The highest BCUT2D eigenvalue weighted by atomic mass is 35.5. The van der Waals surface area contributed by atoms with Crippen LogP contribution in [0.5, 0.6) is 0 Å². The first-order valence-corrected chi connectivity index (χ1v) is 21.0. The second-order valence-electron chi connectivity index (χ2n) is 19.1. The minimum Gasteiger partial charge on any atom is -0.481 e. The van der Waals surface area contributed by atoms with Gasteiger partial charge in [-0.1, -0.05) is 48.5 Å². The lowest BCUT2D eigenvalue weighted by molar-refractivity contribution is -0.661. The Hall–Kier alpha value is -2.29. The molecule has 6 aliphatic carbocycles. The molecule has 0 amide bonds. The third-order valence-corrected chi connectivity index (χ3v) is 16.9. The fourth-order valence-corrected chi connectivity index (χ4v) is 14.9. The maximum absolute atomic E-state index is 16.2. The number of halogens is 6. The van der Waals surface area contributed by atoms with Gasteiger partial charge in [0.2, 0.25) is 11.3 Å². The lowest BCUT2D eigenvalue weighted by atomic mass is 8.91. The number of carbonyl (C=O) groups is 3. The van der Waals surface area contributed by atoms with E-state index in [9.17, 15) is 29.7 Å². The molecule has 10 atom stereocenters. The SMILES string of the molecule is Cl.Cl.Cl.Cl.O=C(O)[C@@H](CC12C3C4C5C3C1C5(CN(Cc1cccc(CC(F)(C(=O)O)[C@H]3CCNC3)c1)Cc1cccc(CC(F)(C(=O)O)[C@H]3CCNC3)c1)C42)[C@H]1CCNC1. The quantitative estimate of drug-likeness (QED) is 0.110. The van der Waals surface area contributed by atoms with Gasteiger partial charge in [-0.15, -0.1) is 49.6 Å². The van der Waals surface area contributed by atoms with Crippen LogP contribution in [-0.4, -0.2) is 95.3 Å². The van der Waals surface area contributed by atoms with E-state index in [1.807, 2.05) is 48.5 Å². The zero-order valence-corrected chi connectivity index (χ0v) is 36.7. The van der Waals surface area contributed by atoms with Crippen molar-refractivity contribution < 1.29 is 38.5 Å². The van der Waals surface area contributed by atoms with Gasteiger partial charge in [-0.3, -0.25) is 9.69 Å². The first-order chi connectivity index (χ1) is 26.9. The van der Waals surface area contributed by atoms with E-state index in [-0.39, 0.29) is 85.1 Å². The maximum atomic E-state index is 16.2. The molecule has 0 aromatic heterocycles. The van der Waals surface area contributed by atoms with Crippen molar-refractivity contribution >= 4 is 67.5 Å². The van der Waals surface area contributed by atoms with Crippen LogP contribution in [0.3, 0.4) is 0 Å². The van der Waals surface area contributed by atoms with Gasteiger partial charge in [0, 0.05) is 57.4 Å². The minimum absolute atomic E-state index is 0. The summed E-state index contributed by atoms with van der Waals surface area (Å²) in [4.78, 5) is 39.7. The van der Waals surface area contributed by atoms with Crippen LogP contribution in [0.25, 0.3) is 0 Å². The summed E-state index contributed by atoms with van der Waals surface area (Å²) in [5, 5.41) is 40.0. The number of nitrogens with one attached hydrogen (secondary N) is 3. The number of hydrogen-bond donors (Lipinski definition) is 6. The average molecular weight is 919 g/mol. The molecule has 9 fully saturated rings. The predicted molar refractivity (Wildman–Crippen MR) is 231 cm³/mol. The maximum Gasteiger partial charge on any atom is 0.342 e. The van der Waals surface area contributed by atoms with Crippen LogP contribution in [0.4, 0.5) is 8.78 Å². The molecule has 3 aliphatic heterocycles. The fourth-order valence-electron chi connectivity index (χ4n) is 14.9. The van der Waals surface area contributed by atoms with Crippen molar-refractivity contribution in [1.29, 1.82) is 0 Å². The van der Waals surface area contributed by atoms with Crippen LogP contribution >= 0.6 is 49.6 Å². The van der Waals surface area contributed by atoms with Crippen molar-refractivity contribution in [3.8, 4) is 0 Å². The Labute approximate surface area is 374 Å². The highest BCUT2D eigenvalue weighted by Gasteiger charge is 3.09. The Bertz CT molecular complexity index is 1840. The van der Waals surface area contributed by atoms with Gasteiger partial charge in [0.25, 0.3) is 0 Å². The predicted octanol–water partition coefficient (Wildman–Crippen LogP) is 5.70. The zero-order valence-electron chi connectivity index (χ0n) is 33.4. The molecule has 3 saturated heterocycles. The molecule has 10 nitrogen and oxygen atoms in total. The first-order valence-electron chi connectivity index (χ1n) is 21.0. The van der Waals surface area contributed by atoms with Crippen LogP contribution in [0.2, 0.25) is 0 Å². The van der Waals surface area contributed by atoms with E-state index in [1.165, 1.54) is 0 Å². The van der Waals surface area contributed by atoms with Gasteiger partial charge in [-0.25, -0.2) is 18.4 Å². The van der Waals surface area contributed by atoms with Crippen LogP contribution < -0.4 is 16.0 Å². The zero-order chi connectivity index (χ0) is 38.8. The van der Waals surface area contributed by atoms with Crippen molar-refractivity contribution in [1.82, 2.24) is 20.9 Å². The molecule has 0 spiro atoms. The van der Waals surface area contributed by atoms with E-state index in [1.54, 1.807) is 0 Å². The second-order valence-corrected chi connectivity index (χ2v) is 19.1. The molecule has 2 aromatic rings. The van der Waals surface area contributed by atoms with E-state index >= 15 is 8.78 Å². The number of carboxylic acid groups (broad SMARTS) is 3. The Morgan fingerprint density at radius 3 is 1.55 bits per heavy atom. The Kier molecular flexibility index (Phi) is 13.4. The molecule has 2 aromatic carbocycles. The van der Waals surface area contributed by atoms with E-state index in [2.05, 4.69) is 20.9 Å². The molecule has 332 valence electrons. The lowest BCUT2D eigenvalue weighted by Crippen LogP contribution is -3.10. The number of nitrogens with zero attached hydrogens (tertiary/aromatic N) is 1. The first kappa shape index (κ1) is 47.2. The summed E-state index contributed by atoms with van der Waals surface area (Å²) in [7, 11) is 0. The highest BCUT2D eigenvalue weighted by molar-refractivity contribution is 5.86. The summed E-state index contributed by atoms with van der Waals surface area (Å²) in [5.41, 5.74) is -1.20. The molecular formula is C44H58Cl4F2N4O6. The summed E-state index contributed by atoms with van der Waals surface area (Å²) in [6, 6.07) is 15.3. The summed E-state index contributed by atoms with van der Waals surface area (Å²) >= 11 is 0. The highest BCUT2D eigenvalue weighted by Crippen LogP contribution is 3.11. The van der Waals surface area contributed by atoms with Crippen molar-refractivity contribution in [3.05, 3.63) is 70.8 Å². The monoisotopic (exact) mass is 916 g/mol. The third kappa shape index (κ3) is 6.62. The van der Waals surface area contributed by atoms with E-state index in [4.69, 9.17) is 0 Å². The Morgan fingerprint density at radius 1 is 0.683 bits per heavy atom. The summed E-state index contributed by atoms with van der Waals surface area (Å²) in [6.45, 7) is 5.48. The van der Waals surface area contributed by atoms with Crippen LogP contribution in [0, 0.1) is 70.0 Å². The van der Waals surface area contributed by atoms with E-state index < -0.39 is 41.1 Å². The lowest BCUT2D eigenvalue weighted by Gasteiger charge is -3.12. The summed E-state index contributed by atoms with van der Waals surface area (Å²) in [6.07, 6.45) is 2.24. The fraction of sp³-hybridized carbons (Fsp3) is 0.659. The van der Waals surface area contributed by atoms with Crippen LogP contribution in [0.1, 0.15) is 47.9 Å². The van der Waals surface area contributed by atoms with Crippen molar-refractivity contribution in [2.24, 2.45) is 70.0 Å². The number of hydrogen-bond acceptors (Lipinski definition) is 7. The molecule has 9 aliphatic rings. The van der Waals surface area contributed by atoms with E-state index in [0.717, 1.165) is 43.6 Å². The van der Waals surface area contributed by atoms with Gasteiger partial charge >= 0.3 is 17.9 Å². The molecule has 6 N–H and O–H groups in total. The average Bonchev–Trinajstić information content (AvgIpc) is 3.99. The number of benzene rings is 2. The topological polar surface area (TPSA) is 151 Å². The number of aliphatic carboxylic acids is 3. The third-order valence-electron chi connectivity index (χ3n) is 16.9. The van der Waals surface area contributed by atoms with Gasteiger partial charge < -0.3 is 31.3 Å². The molecule has 60 heavy (non-hydrogen) atoms. The van der Waals surface area contributed by atoms with Gasteiger partial charge in [0.05, 0.1) is 5.92 Å². The molecule has 11 rings (SSSR count). The van der Waals surface area contributed by atoms with Gasteiger partial charge in [0.1, 0.15) is 0 Å². The summed E-state index contributed by atoms with van der Waals surface area (Å²) in [5.74, 6) is -0.943. The summed E-state index contributed by atoms with van der Waals surface area (Å²) < 4.78 is 32.5. The van der Waals surface area contributed by atoms with Gasteiger partial charge in [-0.05, 0) is 126 Å². The van der Waals surface area contributed by atoms with Crippen molar-refractivity contribution in [3.63, 3.8) is 0 Å². The number of alkyl halides is 2. The molecule has 0 radical (unpaired) electrons. The van der Waals surface area contributed by atoms with Crippen molar-refractivity contribution in [2.75, 3.05) is 45.8 Å². The Balaban J connectivity index is 0.00000151. The van der Waals surface area contributed by atoms with Crippen LogP contribution in [-0.2, 0) is 40.3 Å². The smallest absolute Gasteiger partial charge is 0.342 e. The van der Waals surface area contributed by atoms with Gasteiger partial charge in [-0.2, -0.15) is 0 Å². The number of rotatable bonds is 18. The largest absolute Gasteiger partial charge is 0.481 e. The second kappa shape index (κ2) is 17.0. The minimum atomic E-state index is -2.37. The number of carboxylic acids is 3. The van der Waals surface area contributed by atoms with Gasteiger partial charge in [0.15, 0.2) is 0 Å². The van der Waals surface area contributed by atoms with Crippen molar-refractivity contribution in [2.45, 2.75) is 63.0 Å². The molecule has 3 heterocycles. The normalized spacial score (nSPS) is 36.6.